The fourth-order valence-electron chi connectivity index (χ4n) is 7.47. The number of aromatic nitrogens is 3. The summed E-state index contributed by atoms with van der Waals surface area (Å²) in [5, 5.41) is 10.9. The zero-order chi connectivity index (χ0) is 34.4. The highest BCUT2D eigenvalue weighted by Gasteiger charge is 2.50. The van der Waals surface area contributed by atoms with E-state index in [9.17, 15) is 18.7 Å². The number of rotatable bonds is 7. The number of morpholine rings is 1. The number of alkyl halides is 2. The first-order chi connectivity index (χ1) is 24.3. The van der Waals surface area contributed by atoms with Gasteiger partial charge in [-0.25, -0.2) is 28.5 Å². The Hall–Kier alpha value is -4.58. The van der Waals surface area contributed by atoms with Crippen molar-refractivity contribution in [1.29, 1.82) is 0 Å². The van der Waals surface area contributed by atoms with Crippen LogP contribution in [-0.2, 0) is 14.3 Å². The number of nitrogens with zero attached hydrogens (tertiary/aromatic N) is 6. The molecule has 262 valence electrons. The maximum absolute atomic E-state index is 14.1. The number of hydrogen-bond donors (Lipinski definition) is 1. The van der Waals surface area contributed by atoms with Gasteiger partial charge in [-0.05, 0) is 51.1 Å². The standard InChI is InChI=1S/C36H38F2N6O6/c1-22-36(20-47-21-36)48-15-14-43(22)26-16-23(8-7-13-42-11-5-2-6-12-42)18-39-34(26)49-24-17-27(35(45)46)44(19-24)33-30-29(40-32(41-33)31(37)38)25-9-3-4-10-28(25)50-30/h3-4,9-10,16,18,22,24,27,31H,2,5-6,11-15,17,19-21H2,1H3,(H,45,46)/t22-,24-,27-/m0/s1. The molecule has 14 heteroatoms. The van der Waals surface area contributed by atoms with Gasteiger partial charge in [0, 0.05) is 30.1 Å². The Kier molecular flexibility index (Phi) is 8.66. The number of halogens is 2. The van der Waals surface area contributed by atoms with Crippen LogP contribution in [0.1, 0.15) is 50.4 Å². The highest BCUT2D eigenvalue weighted by Crippen LogP contribution is 2.41. The van der Waals surface area contributed by atoms with Crippen molar-refractivity contribution in [2.45, 2.75) is 62.8 Å². The molecule has 4 aromatic rings. The Morgan fingerprint density at radius 3 is 2.72 bits per heavy atom. The summed E-state index contributed by atoms with van der Waals surface area (Å²) in [6, 6.07) is 7.72. The number of carboxylic acids is 1. The van der Waals surface area contributed by atoms with E-state index in [-0.39, 0.29) is 35.9 Å². The monoisotopic (exact) mass is 688 g/mol. The molecule has 0 aliphatic carbocycles. The lowest BCUT2D eigenvalue weighted by atomic mass is 9.90. The fourth-order valence-corrected chi connectivity index (χ4v) is 7.47. The number of furan rings is 1. The summed E-state index contributed by atoms with van der Waals surface area (Å²) in [7, 11) is 0. The van der Waals surface area contributed by atoms with E-state index >= 15 is 0 Å². The second-order valence-corrected chi connectivity index (χ2v) is 13.4. The largest absolute Gasteiger partial charge is 0.480 e. The molecule has 50 heavy (non-hydrogen) atoms. The van der Waals surface area contributed by atoms with Crippen molar-refractivity contribution in [2.75, 3.05) is 62.3 Å². The van der Waals surface area contributed by atoms with Crippen LogP contribution in [0, 0.1) is 11.8 Å². The number of anilines is 2. The van der Waals surface area contributed by atoms with Gasteiger partial charge in [-0.2, -0.15) is 0 Å². The predicted molar refractivity (Wildman–Crippen MR) is 180 cm³/mol. The molecule has 1 N–H and O–H groups in total. The van der Waals surface area contributed by atoms with Crippen molar-refractivity contribution in [3.05, 3.63) is 47.9 Å². The molecule has 4 saturated heterocycles. The first-order valence-corrected chi connectivity index (χ1v) is 17.1. The molecule has 3 aromatic heterocycles. The van der Waals surface area contributed by atoms with Gasteiger partial charge in [0.1, 0.15) is 34.5 Å². The number of carbonyl (C=O) groups is 1. The first-order valence-electron chi connectivity index (χ1n) is 17.1. The molecule has 4 aliphatic rings. The number of carboxylic acid groups (broad SMARTS) is 1. The molecule has 0 saturated carbocycles. The van der Waals surface area contributed by atoms with E-state index < -0.39 is 36.0 Å². The Balaban J connectivity index is 1.12. The van der Waals surface area contributed by atoms with E-state index in [0.29, 0.717) is 49.8 Å². The van der Waals surface area contributed by atoms with E-state index in [0.717, 1.165) is 24.3 Å². The smallest absolute Gasteiger partial charge is 0.326 e. The van der Waals surface area contributed by atoms with Crippen LogP contribution in [0.4, 0.5) is 20.3 Å². The summed E-state index contributed by atoms with van der Waals surface area (Å²) in [6.07, 6.45) is 1.73. The summed E-state index contributed by atoms with van der Waals surface area (Å²) in [5.74, 6) is 5.07. The van der Waals surface area contributed by atoms with Gasteiger partial charge in [0.25, 0.3) is 6.43 Å². The van der Waals surface area contributed by atoms with Crippen LogP contribution in [0.2, 0.25) is 0 Å². The number of para-hydroxylation sites is 1. The van der Waals surface area contributed by atoms with Gasteiger partial charge < -0.3 is 33.5 Å². The van der Waals surface area contributed by atoms with Crippen molar-refractivity contribution < 1.29 is 37.3 Å². The maximum atomic E-state index is 14.1. The molecule has 4 aliphatic heterocycles. The predicted octanol–water partition coefficient (Wildman–Crippen LogP) is 4.65. The molecule has 8 rings (SSSR count). The molecule has 7 heterocycles. The summed E-state index contributed by atoms with van der Waals surface area (Å²) in [6.45, 7) is 6.96. The van der Waals surface area contributed by atoms with Crippen LogP contribution in [0.15, 0.2) is 40.9 Å². The summed E-state index contributed by atoms with van der Waals surface area (Å²) in [5.41, 5.74) is 1.80. The van der Waals surface area contributed by atoms with Crippen LogP contribution in [0.25, 0.3) is 22.1 Å². The third-order valence-electron chi connectivity index (χ3n) is 10.3. The van der Waals surface area contributed by atoms with Gasteiger partial charge in [0.15, 0.2) is 17.2 Å². The van der Waals surface area contributed by atoms with Crippen molar-refractivity contribution in [1.82, 2.24) is 19.9 Å². The van der Waals surface area contributed by atoms with Crippen LogP contribution in [0.5, 0.6) is 5.88 Å². The lowest BCUT2D eigenvalue weighted by Crippen LogP contribution is -2.68. The molecular formula is C36H38F2N6O6. The second-order valence-electron chi connectivity index (χ2n) is 13.4. The molecule has 0 unspecified atom stereocenters. The minimum atomic E-state index is -2.97. The topological polar surface area (TPSA) is 127 Å². The lowest BCUT2D eigenvalue weighted by molar-refractivity contribution is -0.228. The zero-order valence-electron chi connectivity index (χ0n) is 27.7. The second kappa shape index (κ2) is 13.3. The van der Waals surface area contributed by atoms with Gasteiger partial charge in [-0.15, -0.1) is 0 Å². The quantitative estimate of drug-likeness (QED) is 0.272. The van der Waals surface area contributed by atoms with Gasteiger partial charge in [0.2, 0.25) is 5.88 Å². The highest BCUT2D eigenvalue weighted by atomic mass is 19.3. The summed E-state index contributed by atoms with van der Waals surface area (Å²) < 4.78 is 52.5. The number of fused-ring (bicyclic) bond motifs is 3. The molecule has 1 aromatic carbocycles. The number of piperidine rings is 1. The first kappa shape index (κ1) is 32.6. The van der Waals surface area contributed by atoms with Crippen LogP contribution in [-0.4, -0.2) is 107 Å². The Morgan fingerprint density at radius 1 is 1.14 bits per heavy atom. The molecule has 0 bridgehead atoms. The van der Waals surface area contributed by atoms with Crippen LogP contribution < -0.4 is 14.5 Å². The van der Waals surface area contributed by atoms with Gasteiger partial charge in [-0.1, -0.05) is 30.4 Å². The number of benzene rings is 1. The fraction of sp³-hybridized carbons (Fsp3) is 0.500. The number of ether oxygens (including phenoxy) is 3. The van der Waals surface area contributed by atoms with E-state index in [1.54, 1.807) is 30.5 Å². The lowest BCUT2D eigenvalue weighted by Gasteiger charge is -2.53. The number of pyridine rings is 1. The summed E-state index contributed by atoms with van der Waals surface area (Å²) in [4.78, 5) is 31.6. The molecule has 0 radical (unpaired) electrons. The molecule has 4 fully saturated rings. The van der Waals surface area contributed by atoms with Crippen molar-refractivity contribution in [3.63, 3.8) is 0 Å². The third kappa shape index (κ3) is 5.97. The van der Waals surface area contributed by atoms with Crippen LogP contribution in [0.3, 0.4) is 0 Å². The molecular weight excluding hydrogens is 650 g/mol. The number of aliphatic carboxylic acids is 1. The van der Waals surface area contributed by atoms with E-state index in [4.69, 9.17) is 23.6 Å². The van der Waals surface area contributed by atoms with Gasteiger partial charge in [0.05, 0.1) is 39.0 Å². The Bertz CT molecular complexity index is 1970. The SMILES string of the molecule is C[C@@H]1N(c2cc(C#CCN3CCCCC3)cnc2O[C@H]2C[C@@H](C(=O)O)N(c3nc(C(F)F)nc4c3oc3ccccc34)C2)CCOC12COC2. The van der Waals surface area contributed by atoms with E-state index in [2.05, 4.69) is 38.5 Å². The average Bonchev–Trinajstić information content (AvgIpc) is 3.70. The Morgan fingerprint density at radius 2 is 1.96 bits per heavy atom. The molecule has 3 atom stereocenters. The molecule has 0 amide bonds. The van der Waals surface area contributed by atoms with E-state index in [1.807, 2.05) is 6.07 Å². The van der Waals surface area contributed by atoms with E-state index in [1.165, 1.54) is 24.2 Å². The average molecular weight is 689 g/mol. The Labute approximate surface area is 287 Å². The maximum Gasteiger partial charge on any atom is 0.326 e. The van der Waals surface area contributed by atoms with Crippen molar-refractivity contribution >= 4 is 39.5 Å². The number of likely N-dealkylation sites (tertiary alicyclic amines) is 1. The van der Waals surface area contributed by atoms with Crippen molar-refractivity contribution in [2.24, 2.45) is 0 Å². The van der Waals surface area contributed by atoms with Crippen LogP contribution >= 0.6 is 0 Å². The normalized spacial score (nSPS) is 23.7. The minimum Gasteiger partial charge on any atom is -0.480 e. The minimum absolute atomic E-state index is 0.0127. The highest BCUT2D eigenvalue weighted by molar-refractivity contribution is 6.06. The molecule has 1 spiro atoms. The van der Waals surface area contributed by atoms with Gasteiger partial charge >= 0.3 is 5.97 Å². The van der Waals surface area contributed by atoms with Gasteiger partial charge in [-0.3, -0.25) is 4.90 Å². The summed E-state index contributed by atoms with van der Waals surface area (Å²) >= 11 is 0. The van der Waals surface area contributed by atoms with Crippen molar-refractivity contribution in [3.8, 4) is 17.7 Å². The molecule has 12 nitrogen and oxygen atoms in total. The third-order valence-corrected chi connectivity index (χ3v) is 10.3. The zero-order valence-corrected chi connectivity index (χ0v) is 27.7. The number of hydrogen-bond acceptors (Lipinski definition) is 11.